The lowest BCUT2D eigenvalue weighted by atomic mass is 9.85. The zero-order valence-electron chi connectivity index (χ0n) is 23.4. The molecule has 2 fully saturated rings. The van der Waals surface area contributed by atoms with Gasteiger partial charge in [0, 0.05) is 30.5 Å². The molecule has 5 rings (SSSR count). The first-order chi connectivity index (χ1) is 20.9. The van der Waals surface area contributed by atoms with Crippen LogP contribution in [-0.2, 0) is 17.8 Å². The third kappa shape index (κ3) is 7.53. The molecule has 2 heterocycles. The summed E-state index contributed by atoms with van der Waals surface area (Å²) in [4.78, 5) is 34.1. The van der Waals surface area contributed by atoms with Gasteiger partial charge in [-0.25, -0.2) is 13.8 Å². The number of amides is 2. The summed E-state index contributed by atoms with van der Waals surface area (Å²) in [5.41, 5.74) is 1.33. The van der Waals surface area contributed by atoms with Crippen molar-refractivity contribution in [3.05, 3.63) is 44.9 Å². The summed E-state index contributed by atoms with van der Waals surface area (Å²) in [5, 5.41) is 9.23. The zero-order valence-corrected chi connectivity index (χ0v) is 24.9. The first-order valence-corrected chi connectivity index (χ1v) is 15.1. The molecule has 2 amide bonds. The summed E-state index contributed by atoms with van der Waals surface area (Å²) in [6, 6.07) is 4.24. The van der Waals surface area contributed by atoms with Crippen molar-refractivity contribution < 1.29 is 36.3 Å². The lowest BCUT2D eigenvalue weighted by Crippen LogP contribution is -2.40. The van der Waals surface area contributed by atoms with Crippen LogP contribution >= 0.6 is 23.2 Å². The minimum Gasteiger partial charge on any atom is -0.471 e. The highest BCUT2D eigenvalue weighted by molar-refractivity contribution is 6.40. The molecule has 2 aromatic rings. The van der Waals surface area contributed by atoms with Crippen molar-refractivity contribution in [3.8, 4) is 5.88 Å². The minimum atomic E-state index is -4.29. The monoisotopic (exact) mass is 661 g/mol. The SMILES string of the molecule is O=C(NC1CCC(C(F)(F)F)CC1)c1cc2c(nc1OCC(F)F)N=C(Nc1c(Cl)ccc(CNC(=O)C3CCC3)c1Cl)C2. The van der Waals surface area contributed by atoms with Crippen molar-refractivity contribution in [2.45, 2.75) is 76.6 Å². The van der Waals surface area contributed by atoms with E-state index in [1.54, 1.807) is 12.1 Å². The van der Waals surface area contributed by atoms with Gasteiger partial charge in [0.2, 0.25) is 11.8 Å². The number of fused-ring (bicyclic) bond motifs is 1. The molecule has 1 aromatic heterocycles. The van der Waals surface area contributed by atoms with Crippen LogP contribution in [0.5, 0.6) is 5.88 Å². The number of carbonyl (C=O) groups excluding carboxylic acids is 2. The third-order valence-corrected chi connectivity index (χ3v) is 8.87. The van der Waals surface area contributed by atoms with Crippen LogP contribution in [0.25, 0.3) is 0 Å². The molecule has 1 aliphatic heterocycles. The fraction of sp³-hybridized carbons (Fsp3) is 0.517. The number of hydrogen-bond acceptors (Lipinski definition) is 6. The summed E-state index contributed by atoms with van der Waals surface area (Å²) in [6.07, 6.45) is -4.19. The molecular weight excluding hydrogens is 632 g/mol. The number of nitrogens with zero attached hydrogens (tertiary/aromatic N) is 2. The fourth-order valence-corrected chi connectivity index (χ4v) is 5.94. The van der Waals surface area contributed by atoms with Crippen molar-refractivity contribution in [1.29, 1.82) is 0 Å². The van der Waals surface area contributed by atoms with E-state index in [0.717, 1.165) is 19.3 Å². The van der Waals surface area contributed by atoms with E-state index in [-0.39, 0.29) is 77.8 Å². The van der Waals surface area contributed by atoms with Crippen LogP contribution in [0.4, 0.5) is 33.5 Å². The predicted octanol–water partition coefficient (Wildman–Crippen LogP) is 7.00. The Morgan fingerprint density at radius 1 is 1.07 bits per heavy atom. The molecule has 0 radical (unpaired) electrons. The Labute approximate surface area is 260 Å². The van der Waals surface area contributed by atoms with E-state index in [2.05, 4.69) is 25.9 Å². The van der Waals surface area contributed by atoms with Crippen molar-refractivity contribution in [2.75, 3.05) is 11.9 Å². The molecule has 1 aromatic carbocycles. The van der Waals surface area contributed by atoms with Gasteiger partial charge in [0.25, 0.3) is 12.3 Å². The van der Waals surface area contributed by atoms with E-state index in [9.17, 15) is 31.5 Å². The molecule has 3 N–H and O–H groups in total. The van der Waals surface area contributed by atoms with Crippen molar-refractivity contribution in [2.24, 2.45) is 16.8 Å². The van der Waals surface area contributed by atoms with Crippen molar-refractivity contribution in [1.82, 2.24) is 15.6 Å². The van der Waals surface area contributed by atoms with Gasteiger partial charge in [0.1, 0.15) is 11.4 Å². The average Bonchev–Trinajstić information content (AvgIpc) is 3.33. The number of alkyl halides is 5. The molecule has 0 atom stereocenters. The summed E-state index contributed by atoms with van der Waals surface area (Å²) < 4.78 is 70.2. The molecule has 0 saturated heterocycles. The van der Waals surface area contributed by atoms with Gasteiger partial charge in [0.05, 0.1) is 21.7 Å². The van der Waals surface area contributed by atoms with Gasteiger partial charge in [-0.05, 0) is 56.2 Å². The second kappa shape index (κ2) is 13.4. The zero-order chi connectivity index (χ0) is 31.6. The lowest BCUT2D eigenvalue weighted by molar-refractivity contribution is -0.182. The van der Waals surface area contributed by atoms with Crippen LogP contribution in [0.3, 0.4) is 0 Å². The highest BCUT2D eigenvalue weighted by atomic mass is 35.5. The van der Waals surface area contributed by atoms with Crippen LogP contribution in [0.1, 0.15) is 66.4 Å². The molecular formula is C29H30Cl2F5N5O3. The van der Waals surface area contributed by atoms with E-state index in [0.29, 0.717) is 22.6 Å². The second-order valence-corrected chi connectivity index (χ2v) is 12.0. The number of benzene rings is 1. The number of aromatic nitrogens is 1. The Morgan fingerprint density at radius 3 is 2.43 bits per heavy atom. The van der Waals surface area contributed by atoms with E-state index in [1.807, 2.05) is 0 Å². The van der Waals surface area contributed by atoms with Crippen LogP contribution in [-0.4, -0.2) is 47.9 Å². The number of hydrogen-bond donors (Lipinski definition) is 3. The van der Waals surface area contributed by atoms with Gasteiger partial charge in [-0.2, -0.15) is 18.2 Å². The molecule has 3 aliphatic rings. The van der Waals surface area contributed by atoms with Crippen molar-refractivity contribution in [3.63, 3.8) is 0 Å². The van der Waals surface area contributed by atoms with E-state index < -0.39 is 37.1 Å². The number of anilines is 1. The number of carbonyl (C=O) groups is 2. The molecule has 0 spiro atoms. The molecule has 15 heteroatoms. The maximum absolute atomic E-state index is 13.2. The maximum Gasteiger partial charge on any atom is 0.391 e. The third-order valence-electron chi connectivity index (χ3n) is 8.13. The molecule has 2 saturated carbocycles. The Bertz CT molecular complexity index is 1440. The average molecular weight is 662 g/mol. The minimum absolute atomic E-state index is 0.0171. The van der Waals surface area contributed by atoms with Gasteiger partial charge in [-0.3, -0.25) is 9.59 Å². The molecule has 0 bridgehead atoms. The quantitative estimate of drug-likeness (QED) is 0.251. The molecule has 8 nitrogen and oxygen atoms in total. The highest BCUT2D eigenvalue weighted by Crippen LogP contribution is 2.39. The van der Waals surface area contributed by atoms with Crippen LogP contribution in [0, 0.1) is 11.8 Å². The number of rotatable bonds is 9. The van der Waals surface area contributed by atoms with Crippen LogP contribution in [0.2, 0.25) is 10.0 Å². The fourth-order valence-electron chi connectivity index (χ4n) is 5.41. The van der Waals surface area contributed by atoms with E-state index in [1.165, 1.54) is 6.07 Å². The highest BCUT2D eigenvalue weighted by Gasteiger charge is 2.41. The summed E-state index contributed by atoms with van der Waals surface area (Å²) >= 11 is 13.0. The summed E-state index contributed by atoms with van der Waals surface area (Å²) in [5.74, 6) is -2.00. The smallest absolute Gasteiger partial charge is 0.391 e. The number of nitrogens with one attached hydrogen (secondary N) is 3. The Balaban J connectivity index is 1.29. The van der Waals surface area contributed by atoms with Gasteiger partial charge in [-0.1, -0.05) is 35.7 Å². The largest absolute Gasteiger partial charge is 0.471 e. The molecule has 0 unspecified atom stereocenters. The molecule has 44 heavy (non-hydrogen) atoms. The van der Waals surface area contributed by atoms with Crippen molar-refractivity contribution >= 4 is 52.4 Å². The van der Waals surface area contributed by atoms with Gasteiger partial charge in [-0.15, -0.1) is 0 Å². The van der Waals surface area contributed by atoms with Crippen LogP contribution < -0.4 is 20.7 Å². The number of amidine groups is 1. The molecule has 238 valence electrons. The lowest BCUT2D eigenvalue weighted by Gasteiger charge is -2.30. The van der Waals surface area contributed by atoms with Gasteiger partial charge >= 0.3 is 6.18 Å². The number of aliphatic imine (C=N–C) groups is 1. The predicted molar refractivity (Wildman–Crippen MR) is 155 cm³/mol. The Morgan fingerprint density at radius 2 is 1.80 bits per heavy atom. The first kappa shape index (κ1) is 32.2. The van der Waals surface area contributed by atoms with E-state index >= 15 is 0 Å². The first-order valence-electron chi connectivity index (χ1n) is 14.3. The standard InChI is InChI=1S/C29H30Cl2F5N5O3/c30-20-9-4-15(12-37-26(42)14-2-1-3-14)23(31)24(20)39-22-11-16-10-19(28(41-25(16)40-22)44-13-21(32)33)27(43)38-18-7-5-17(6-8-18)29(34,35)36/h4,9-10,14,17-18,21H,1-3,5-8,11-13H2,(H,37,42)(H,38,43)(H,39,40,41). The number of halogens is 7. The van der Waals surface area contributed by atoms with Gasteiger partial charge in [0.15, 0.2) is 12.4 Å². The number of ether oxygens (including phenoxy) is 1. The number of pyridine rings is 1. The summed E-state index contributed by atoms with van der Waals surface area (Å²) in [6.45, 7) is -0.817. The normalized spacial score (nSPS) is 20.0. The Kier molecular flexibility index (Phi) is 9.83. The molecule has 2 aliphatic carbocycles. The maximum atomic E-state index is 13.2. The van der Waals surface area contributed by atoms with E-state index in [4.69, 9.17) is 27.9 Å². The van der Waals surface area contributed by atoms with Crippen LogP contribution in [0.15, 0.2) is 23.2 Å². The topological polar surface area (TPSA) is 105 Å². The second-order valence-electron chi connectivity index (χ2n) is 11.2. The summed E-state index contributed by atoms with van der Waals surface area (Å²) in [7, 11) is 0. The Hall–Kier alpha value is -3.19. The van der Waals surface area contributed by atoms with Gasteiger partial charge < -0.3 is 20.7 Å².